The van der Waals surface area contributed by atoms with E-state index in [0.29, 0.717) is 0 Å². The Labute approximate surface area is 79.8 Å². The van der Waals surface area contributed by atoms with E-state index < -0.39 is 30.2 Å². The Balaban J connectivity index is 4.68. The van der Waals surface area contributed by atoms with Gasteiger partial charge in [-0.2, -0.15) is 0 Å². The van der Waals surface area contributed by atoms with Gasteiger partial charge in [0.15, 0.2) is 6.04 Å². The van der Waals surface area contributed by atoms with Crippen molar-refractivity contribution < 1.29 is 19.5 Å². The van der Waals surface area contributed by atoms with Crippen LogP contribution in [0.5, 0.6) is 0 Å². The minimum absolute atomic E-state index is 0.154. The first-order chi connectivity index (χ1) is 6.34. The van der Waals surface area contributed by atoms with Gasteiger partial charge in [-0.3, -0.25) is 14.6 Å². The Morgan fingerprint density at radius 3 is 2.14 bits per heavy atom. The maximum absolute atomic E-state index is 10.5. The van der Waals surface area contributed by atoms with Gasteiger partial charge in [0.25, 0.3) is 5.91 Å². The molecule has 0 saturated heterocycles. The summed E-state index contributed by atoms with van der Waals surface area (Å²) >= 11 is 0. The van der Waals surface area contributed by atoms with Crippen molar-refractivity contribution >= 4 is 23.5 Å². The number of amides is 2. The van der Waals surface area contributed by atoms with Gasteiger partial charge in [0.05, 0.1) is 12.1 Å². The zero-order valence-corrected chi connectivity index (χ0v) is 7.56. The fourth-order valence-electron chi connectivity index (χ4n) is 0.676. The van der Waals surface area contributed by atoms with Crippen molar-refractivity contribution in [2.75, 3.05) is 0 Å². The molecule has 0 aliphatic rings. The van der Waals surface area contributed by atoms with Crippen LogP contribution in [0.3, 0.4) is 0 Å². The van der Waals surface area contributed by atoms with Crippen molar-refractivity contribution in [2.24, 2.45) is 16.5 Å². The number of hydrogen-bond donors (Lipinski definition) is 3. The second-order valence-electron chi connectivity index (χ2n) is 2.60. The number of carboxylic acid groups (broad SMARTS) is 1. The number of nitrogens with zero attached hydrogens (tertiary/aromatic N) is 1. The fourth-order valence-corrected chi connectivity index (χ4v) is 0.676. The van der Waals surface area contributed by atoms with Gasteiger partial charge in [0.2, 0.25) is 5.91 Å². The first-order valence-electron chi connectivity index (χ1n) is 3.70. The van der Waals surface area contributed by atoms with E-state index in [4.69, 9.17) is 16.6 Å². The Morgan fingerprint density at radius 1 is 1.36 bits per heavy atom. The summed E-state index contributed by atoms with van der Waals surface area (Å²) in [6.45, 7) is 1.26. The molecule has 0 fully saturated rings. The lowest BCUT2D eigenvalue weighted by Crippen LogP contribution is -2.29. The van der Waals surface area contributed by atoms with Crippen molar-refractivity contribution in [3.8, 4) is 0 Å². The molecule has 0 aliphatic heterocycles. The summed E-state index contributed by atoms with van der Waals surface area (Å²) < 4.78 is 0. The molecule has 0 saturated carbocycles. The van der Waals surface area contributed by atoms with Crippen LogP contribution in [0.15, 0.2) is 4.99 Å². The summed E-state index contributed by atoms with van der Waals surface area (Å²) in [5.74, 6) is -2.97. The SMILES string of the molecule is CC(=NC(CC(N)=O)C(=O)O)C(N)=O. The molecule has 0 aromatic rings. The molecular weight excluding hydrogens is 190 g/mol. The maximum Gasteiger partial charge on any atom is 0.328 e. The highest BCUT2D eigenvalue weighted by molar-refractivity contribution is 6.37. The third-order valence-electron chi connectivity index (χ3n) is 1.39. The molecule has 1 unspecified atom stereocenters. The molecule has 0 bridgehead atoms. The van der Waals surface area contributed by atoms with Crippen LogP contribution in [0.2, 0.25) is 0 Å². The minimum Gasteiger partial charge on any atom is -0.480 e. The van der Waals surface area contributed by atoms with E-state index in [9.17, 15) is 14.4 Å². The van der Waals surface area contributed by atoms with Gasteiger partial charge >= 0.3 is 5.97 Å². The van der Waals surface area contributed by atoms with E-state index in [1.54, 1.807) is 0 Å². The van der Waals surface area contributed by atoms with Crippen LogP contribution in [0.4, 0.5) is 0 Å². The minimum atomic E-state index is -1.35. The van der Waals surface area contributed by atoms with Crippen LogP contribution < -0.4 is 11.5 Å². The Hall–Kier alpha value is -1.92. The smallest absolute Gasteiger partial charge is 0.328 e. The van der Waals surface area contributed by atoms with E-state index in [2.05, 4.69) is 4.99 Å². The van der Waals surface area contributed by atoms with Gasteiger partial charge in [0, 0.05) is 0 Å². The van der Waals surface area contributed by atoms with Gasteiger partial charge < -0.3 is 16.6 Å². The Morgan fingerprint density at radius 2 is 1.86 bits per heavy atom. The van der Waals surface area contributed by atoms with Crippen molar-refractivity contribution in [3.05, 3.63) is 0 Å². The fraction of sp³-hybridized carbons (Fsp3) is 0.429. The predicted octanol–water partition coefficient (Wildman–Crippen LogP) is -1.74. The molecule has 1 atom stereocenters. The third kappa shape index (κ3) is 4.19. The summed E-state index contributed by atoms with van der Waals surface area (Å²) in [5, 5.41) is 8.59. The van der Waals surface area contributed by atoms with E-state index in [1.807, 2.05) is 0 Å². The third-order valence-corrected chi connectivity index (χ3v) is 1.39. The zero-order valence-electron chi connectivity index (χ0n) is 7.56. The number of nitrogens with two attached hydrogens (primary N) is 2. The number of carbonyl (C=O) groups excluding carboxylic acids is 2. The number of rotatable bonds is 5. The first kappa shape index (κ1) is 12.1. The van der Waals surface area contributed by atoms with E-state index in [0.717, 1.165) is 0 Å². The van der Waals surface area contributed by atoms with Crippen molar-refractivity contribution in [1.82, 2.24) is 0 Å². The summed E-state index contributed by atoms with van der Waals surface area (Å²) in [7, 11) is 0. The van der Waals surface area contributed by atoms with Crippen molar-refractivity contribution in [1.29, 1.82) is 0 Å². The monoisotopic (exact) mass is 201 g/mol. The van der Waals surface area contributed by atoms with Crippen LogP contribution >= 0.6 is 0 Å². The molecule has 0 rings (SSSR count). The summed E-state index contributed by atoms with van der Waals surface area (Å²) in [4.78, 5) is 34.9. The molecule has 0 aromatic carbocycles. The quantitative estimate of drug-likeness (QED) is 0.455. The van der Waals surface area contributed by atoms with Crippen molar-refractivity contribution in [2.45, 2.75) is 19.4 Å². The summed E-state index contributed by atoms with van der Waals surface area (Å²) in [6.07, 6.45) is -0.458. The molecular formula is C7H11N3O4. The Bertz CT molecular complexity index is 297. The molecule has 0 aliphatic carbocycles. The van der Waals surface area contributed by atoms with Crippen LogP contribution in [-0.4, -0.2) is 34.6 Å². The number of aliphatic carboxylic acids is 1. The summed E-state index contributed by atoms with van der Waals surface area (Å²) in [6, 6.07) is -1.35. The van der Waals surface area contributed by atoms with Crippen LogP contribution in [0.1, 0.15) is 13.3 Å². The van der Waals surface area contributed by atoms with Crippen molar-refractivity contribution in [3.63, 3.8) is 0 Å². The van der Waals surface area contributed by atoms with E-state index >= 15 is 0 Å². The molecule has 0 heterocycles. The second kappa shape index (κ2) is 4.95. The zero-order chi connectivity index (χ0) is 11.3. The number of hydrogen-bond acceptors (Lipinski definition) is 4. The number of carbonyl (C=O) groups is 3. The molecule has 78 valence electrons. The first-order valence-corrected chi connectivity index (χ1v) is 3.70. The van der Waals surface area contributed by atoms with Crippen LogP contribution in [-0.2, 0) is 14.4 Å². The van der Waals surface area contributed by atoms with E-state index in [-0.39, 0.29) is 5.71 Å². The molecule has 7 nitrogen and oxygen atoms in total. The molecule has 0 aromatic heterocycles. The van der Waals surface area contributed by atoms with Crippen LogP contribution in [0, 0.1) is 0 Å². The molecule has 0 spiro atoms. The maximum atomic E-state index is 10.5. The number of carboxylic acids is 1. The molecule has 2 amide bonds. The lowest BCUT2D eigenvalue weighted by molar-refractivity contribution is -0.140. The molecule has 5 N–H and O–H groups in total. The van der Waals surface area contributed by atoms with Gasteiger partial charge in [-0.15, -0.1) is 0 Å². The van der Waals surface area contributed by atoms with Gasteiger partial charge in [0.1, 0.15) is 0 Å². The summed E-state index contributed by atoms with van der Waals surface area (Å²) in [5.41, 5.74) is 9.48. The van der Waals surface area contributed by atoms with Gasteiger partial charge in [-0.1, -0.05) is 0 Å². The van der Waals surface area contributed by atoms with E-state index in [1.165, 1.54) is 6.92 Å². The molecule has 0 radical (unpaired) electrons. The number of aliphatic imine (C=N–C) groups is 1. The average Bonchev–Trinajstić information content (AvgIpc) is 2.01. The standard InChI is InChI=1S/C7H11N3O4/c1-3(6(9)12)10-4(7(13)14)2-5(8)11/h4H,2H2,1H3,(H2,8,11)(H2,9,12)(H,13,14). The second-order valence-corrected chi connectivity index (χ2v) is 2.60. The molecule has 7 heteroatoms. The normalized spacial score (nSPS) is 13.4. The number of primary amides is 2. The van der Waals surface area contributed by atoms with Gasteiger partial charge in [-0.05, 0) is 6.92 Å². The Kier molecular flexibility index (Phi) is 4.27. The highest BCUT2D eigenvalue weighted by Gasteiger charge is 2.19. The average molecular weight is 201 g/mol. The topological polar surface area (TPSA) is 136 Å². The lowest BCUT2D eigenvalue weighted by atomic mass is 10.2. The van der Waals surface area contributed by atoms with Gasteiger partial charge in [-0.25, -0.2) is 4.79 Å². The largest absolute Gasteiger partial charge is 0.480 e. The predicted molar refractivity (Wildman–Crippen MR) is 47.5 cm³/mol. The lowest BCUT2D eigenvalue weighted by Gasteiger charge is -2.05. The highest BCUT2D eigenvalue weighted by Crippen LogP contribution is 1.98. The van der Waals surface area contributed by atoms with Crippen LogP contribution in [0.25, 0.3) is 0 Å². The highest BCUT2D eigenvalue weighted by atomic mass is 16.4. The molecule has 14 heavy (non-hydrogen) atoms.